The molecule has 0 radical (unpaired) electrons. The molecule has 0 unspecified atom stereocenters. The summed E-state index contributed by atoms with van der Waals surface area (Å²) in [7, 11) is 0. The lowest BCUT2D eigenvalue weighted by Gasteiger charge is -2.14. The SMILES string of the molecule is CCc1ccc(NC(=O)CN2C(=O)C(=O)N(C3CC3)C2=O)cc1. The molecule has 0 bridgehead atoms. The van der Waals surface area contributed by atoms with Crippen LogP contribution in [0.2, 0.25) is 0 Å². The van der Waals surface area contributed by atoms with Gasteiger partial charge < -0.3 is 5.32 Å². The second-order valence-corrected chi connectivity index (χ2v) is 5.68. The maximum Gasteiger partial charge on any atom is 0.334 e. The number of hydrogen-bond acceptors (Lipinski definition) is 4. The molecule has 3 rings (SSSR count). The van der Waals surface area contributed by atoms with E-state index in [9.17, 15) is 19.2 Å². The fourth-order valence-corrected chi connectivity index (χ4v) is 2.48. The van der Waals surface area contributed by atoms with Crippen molar-refractivity contribution in [2.45, 2.75) is 32.2 Å². The van der Waals surface area contributed by atoms with Gasteiger partial charge in [0.2, 0.25) is 5.91 Å². The zero-order valence-electron chi connectivity index (χ0n) is 12.7. The fourth-order valence-electron chi connectivity index (χ4n) is 2.48. The second kappa shape index (κ2) is 5.83. The fraction of sp³-hybridized carbons (Fsp3) is 0.375. The van der Waals surface area contributed by atoms with E-state index in [4.69, 9.17) is 0 Å². The van der Waals surface area contributed by atoms with Gasteiger partial charge in [-0.3, -0.25) is 19.3 Å². The van der Waals surface area contributed by atoms with Crippen LogP contribution in [-0.4, -0.2) is 46.1 Å². The molecule has 23 heavy (non-hydrogen) atoms. The number of benzene rings is 1. The van der Waals surface area contributed by atoms with Crippen LogP contribution >= 0.6 is 0 Å². The van der Waals surface area contributed by atoms with E-state index in [1.165, 1.54) is 0 Å². The zero-order valence-corrected chi connectivity index (χ0v) is 12.7. The summed E-state index contributed by atoms with van der Waals surface area (Å²) in [6.45, 7) is 1.57. The summed E-state index contributed by atoms with van der Waals surface area (Å²) >= 11 is 0. The monoisotopic (exact) mass is 315 g/mol. The number of anilines is 1. The first kappa shape index (κ1) is 15.2. The summed E-state index contributed by atoms with van der Waals surface area (Å²) in [6, 6.07) is 6.41. The van der Waals surface area contributed by atoms with E-state index in [-0.39, 0.29) is 6.04 Å². The van der Waals surface area contributed by atoms with Crippen LogP contribution in [0, 0.1) is 0 Å². The maximum atomic E-state index is 12.1. The molecule has 1 aromatic rings. The normalized spacial score (nSPS) is 17.9. The van der Waals surface area contributed by atoms with Gasteiger partial charge in [-0.05, 0) is 37.0 Å². The lowest BCUT2D eigenvalue weighted by Crippen LogP contribution is -2.39. The molecular formula is C16H17N3O4. The molecule has 1 saturated heterocycles. The van der Waals surface area contributed by atoms with Crippen LogP contribution in [0.3, 0.4) is 0 Å². The molecule has 5 amide bonds. The molecule has 1 saturated carbocycles. The minimum Gasteiger partial charge on any atom is -0.325 e. The molecule has 2 fully saturated rings. The van der Waals surface area contributed by atoms with E-state index < -0.39 is 30.3 Å². The molecule has 0 atom stereocenters. The third-order valence-electron chi connectivity index (χ3n) is 3.94. The van der Waals surface area contributed by atoms with E-state index in [0.717, 1.165) is 16.9 Å². The third-order valence-corrected chi connectivity index (χ3v) is 3.94. The quantitative estimate of drug-likeness (QED) is 0.652. The topological polar surface area (TPSA) is 86.8 Å². The molecule has 7 nitrogen and oxygen atoms in total. The molecule has 1 aliphatic heterocycles. The van der Waals surface area contributed by atoms with Crippen LogP contribution in [0.15, 0.2) is 24.3 Å². The number of rotatable bonds is 5. The Morgan fingerprint density at radius 3 is 2.35 bits per heavy atom. The number of amides is 5. The Hall–Kier alpha value is -2.70. The van der Waals surface area contributed by atoms with Crippen LogP contribution in [0.1, 0.15) is 25.3 Å². The van der Waals surface area contributed by atoms with Crippen molar-refractivity contribution in [2.24, 2.45) is 0 Å². The van der Waals surface area contributed by atoms with Crippen molar-refractivity contribution in [3.63, 3.8) is 0 Å². The number of nitrogens with zero attached hydrogens (tertiary/aromatic N) is 2. The Balaban J connectivity index is 1.63. The lowest BCUT2D eigenvalue weighted by molar-refractivity contribution is -0.143. The van der Waals surface area contributed by atoms with E-state index in [1.54, 1.807) is 12.1 Å². The van der Waals surface area contributed by atoms with Crippen molar-refractivity contribution in [1.82, 2.24) is 9.80 Å². The van der Waals surface area contributed by atoms with Gasteiger partial charge in [0.25, 0.3) is 0 Å². The standard InChI is InChI=1S/C16H17N3O4/c1-2-10-3-5-11(6-4-10)17-13(20)9-18-14(21)15(22)19(16(18)23)12-7-8-12/h3-6,12H,2,7-9H2,1H3,(H,17,20). The molecule has 0 spiro atoms. The smallest absolute Gasteiger partial charge is 0.325 e. The lowest BCUT2D eigenvalue weighted by atomic mass is 10.1. The van der Waals surface area contributed by atoms with Crippen molar-refractivity contribution in [3.05, 3.63) is 29.8 Å². The Kier molecular flexibility index (Phi) is 3.85. The van der Waals surface area contributed by atoms with E-state index in [2.05, 4.69) is 5.32 Å². The van der Waals surface area contributed by atoms with E-state index in [1.807, 2.05) is 19.1 Å². The van der Waals surface area contributed by atoms with Crippen molar-refractivity contribution in [2.75, 3.05) is 11.9 Å². The number of imide groups is 2. The van der Waals surface area contributed by atoms with Gasteiger partial charge in [0.05, 0.1) is 0 Å². The van der Waals surface area contributed by atoms with Gasteiger partial charge in [0, 0.05) is 11.7 Å². The van der Waals surface area contributed by atoms with E-state index in [0.29, 0.717) is 23.4 Å². The number of hydrogen-bond donors (Lipinski definition) is 1. The maximum absolute atomic E-state index is 12.1. The third kappa shape index (κ3) is 2.94. The van der Waals surface area contributed by atoms with Gasteiger partial charge in [-0.25, -0.2) is 9.69 Å². The Morgan fingerprint density at radius 2 is 1.78 bits per heavy atom. The van der Waals surface area contributed by atoms with E-state index >= 15 is 0 Å². The molecule has 0 aromatic heterocycles. The number of carbonyl (C=O) groups is 4. The van der Waals surface area contributed by atoms with Crippen molar-refractivity contribution in [1.29, 1.82) is 0 Å². The first-order chi connectivity index (χ1) is 11.0. The van der Waals surface area contributed by atoms with Gasteiger partial charge in [0.1, 0.15) is 6.54 Å². The van der Waals surface area contributed by atoms with Crippen molar-refractivity contribution >= 4 is 29.4 Å². The summed E-state index contributed by atoms with van der Waals surface area (Å²) < 4.78 is 0. The molecule has 1 heterocycles. The van der Waals surface area contributed by atoms with Crippen LogP contribution in [0.5, 0.6) is 0 Å². The highest BCUT2D eigenvalue weighted by Gasteiger charge is 2.51. The second-order valence-electron chi connectivity index (χ2n) is 5.68. The summed E-state index contributed by atoms with van der Waals surface area (Å²) in [6.07, 6.45) is 2.33. The summed E-state index contributed by atoms with van der Waals surface area (Å²) in [5.41, 5.74) is 1.72. The van der Waals surface area contributed by atoms with Crippen LogP contribution in [-0.2, 0) is 20.8 Å². The predicted octanol–water partition coefficient (Wildman–Crippen LogP) is 1.14. The van der Waals surface area contributed by atoms with Gasteiger partial charge in [-0.2, -0.15) is 0 Å². The van der Waals surface area contributed by atoms with Crippen LogP contribution in [0.25, 0.3) is 0 Å². The van der Waals surface area contributed by atoms with Crippen molar-refractivity contribution in [3.8, 4) is 0 Å². The Bertz CT molecular complexity index is 679. The predicted molar refractivity (Wildman–Crippen MR) is 81.4 cm³/mol. The zero-order chi connectivity index (χ0) is 16.6. The number of urea groups is 1. The Morgan fingerprint density at radius 1 is 1.13 bits per heavy atom. The highest BCUT2D eigenvalue weighted by Crippen LogP contribution is 2.30. The first-order valence-corrected chi connectivity index (χ1v) is 7.59. The number of carbonyl (C=O) groups excluding carboxylic acids is 4. The van der Waals surface area contributed by atoms with Gasteiger partial charge >= 0.3 is 17.8 Å². The highest BCUT2D eigenvalue weighted by molar-refractivity contribution is 6.45. The van der Waals surface area contributed by atoms with Crippen LogP contribution < -0.4 is 5.32 Å². The molecule has 2 aliphatic rings. The van der Waals surface area contributed by atoms with Gasteiger partial charge in [-0.15, -0.1) is 0 Å². The molecule has 1 N–H and O–H groups in total. The van der Waals surface area contributed by atoms with Gasteiger partial charge in [-0.1, -0.05) is 19.1 Å². The average molecular weight is 315 g/mol. The van der Waals surface area contributed by atoms with Crippen molar-refractivity contribution < 1.29 is 19.2 Å². The minimum atomic E-state index is -0.932. The highest BCUT2D eigenvalue weighted by atomic mass is 16.2. The molecule has 120 valence electrons. The number of nitrogens with one attached hydrogen (secondary N) is 1. The Labute approximate surface area is 133 Å². The molecule has 1 aromatic carbocycles. The first-order valence-electron chi connectivity index (χ1n) is 7.59. The summed E-state index contributed by atoms with van der Waals surface area (Å²) in [5, 5.41) is 2.62. The summed E-state index contributed by atoms with van der Waals surface area (Å²) in [5.74, 6) is -2.28. The molecular weight excluding hydrogens is 298 g/mol. The molecule has 1 aliphatic carbocycles. The molecule has 7 heteroatoms. The average Bonchev–Trinajstić information content (AvgIpc) is 3.34. The largest absolute Gasteiger partial charge is 0.334 e. The number of aryl methyl sites for hydroxylation is 1. The minimum absolute atomic E-state index is 0.186. The van der Waals surface area contributed by atoms with Crippen LogP contribution in [0.4, 0.5) is 10.5 Å². The van der Waals surface area contributed by atoms with Gasteiger partial charge in [0.15, 0.2) is 0 Å². The summed E-state index contributed by atoms with van der Waals surface area (Å²) in [4.78, 5) is 49.5.